The Bertz CT molecular complexity index is 668. The smallest absolute Gasteiger partial charge is 0.175 e. The van der Waals surface area contributed by atoms with Crippen molar-refractivity contribution < 1.29 is 8.42 Å². The van der Waals surface area contributed by atoms with Crippen molar-refractivity contribution in [2.45, 2.75) is 4.90 Å². The average molecular weight is 258 g/mol. The summed E-state index contributed by atoms with van der Waals surface area (Å²) in [6.45, 7) is 3.78. The largest absolute Gasteiger partial charge is 0.224 e. The SMILES string of the molecule is C=Cc1ccccc1-c1ccc(S(C)(=O)=O)cc1. The summed E-state index contributed by atoms with van der Waals surface area (Å²) in [5.41, 5.74) is 3.06. The Morgan fingerprint density at radius 3 is 2.17 bits per heavy atom. The molecule has 0 unspecified atom stereocenters. The van der Waals surface area contributed by atoms with E-state index in [0.717, 1.165) is 16.7 Å². The third-order valence-corrected chi connectivity index (χ3v) is 3.90. The van der Waals surface area contributed by atoms with Crippen LogP contribution in [0.3, 0.4) is 0 Å². The molecule has 0 spiro atoms. The minimum atomic E-state index is -3.14. The Morgan fingerprint density at radius 1 is 1.00 bits per heavy atom. The maximum absolute atomic E-state index is 11.4. The third kappa shape index (κ3) is 2.51. The fraction of sp³-hybridized carbons (Fsp3) is 0.0667. The van der Waals surface area contributed by atoms with E-state index in [0.29, 0.717) is 4.90 Å². The van der Waals surface area contributed by atoms with Gasteiger partial charge in [0, 0.05) is 6.26 Å². The van der Waals surface area contributed by atoms with Gasteiger partial charge < -0.3 is 0 Å². The van der Waals surface area contributed by atoms with E-state index >= 15 is 0 Å². The minimum Gasteiger partial charge on any atom is -0.224 e. The highest BCUT2D eigenvalue weighted by Crippen LogP contribution is 2.25. The molecule has 0 aromatic heterocycles. The van der Waals surface area contributed by atoms with Crippen LogP contribution >= 0.6 is 0 Å². The summed E-state index contributed by atoms with van der Waals surface area (Å²) >= 11 is 0. The van der Waals surface area contributed by atoms with Crippen molar-refractivity contribution in [2.75, 3.05) is 6.26 Å². The van der Waals surface area contributed by atoms with E-state index in [1.807, 2.05) is 36.4 Å². The highest BCUT2D eigenvalue weighted by Gasteiger charge is 2.07. The van der Waals surface area contributed by atoms with E-state index in [1.165, 1.54) is 6.26 Å². The second kappa shape index (κ2) is 4.78. The quantitative estimate of drug-likeness (QED) is 0.845. The van der Waals surface area contributed by atoms with Crippen LogP contribution in [0.2, 0.25) is 0 Å². The first-order chi connectivity index (χ1) is 8.52. The molecule has 18 heavy (non-hydrogen) atoms. The van der Waals surface area contributed by atoms with Gasteiger partial charge in [-0.25, -0.2) is 8.42 Å². The van der Waals surface area contributed by atoms with Gasteiger partial charge in [0.1, 0.15) is 0 Å². The molecule has 2 nitrogen and oxygen atoms in total. The Hall–Kier alpha value is -1.87. The zero-order chi connectivity index (χ0) is 13.2. The van der Waals surface area contributed by atoms with Crippen molar-refractivity contribution in [3.63, 3.8) is 0 Å². The van der Waals surface area contributed by atoms with Gasteiger partial charge in [0.15, 0.2) is 9.84 Å². The zero-order valence-corrected chi connectivity index (χ0v) is 10.9. The van der Waals surface area contributed by atoms with Crippen molar-refractivity contribution in [3.05, 3.63) is 60.7 Å². The van der Waals surface area contributed by atoms with Crippen molar-refractivity contribution in [1.82, 2.24) is 0 Å². The number of sulfone groups is 1. The van der Waals surface area contributed by atoms with Gasteiger partial charge in [-0.15, -0.1) is 0 Å². The van der Waals surface area contributed by atoms with E-state index in [9.17, 15) is 8.42 Å². The Morgan fingerprint density at radius 2 is 1.61 bits per heavy atom. The molecule has 0 aliphatic rings. The van der Waals surface area contributed by atoms with Crippen molar-refractivity contribution in [3.8, 4) is 11.1 Å². The summed E-state index contributed by atoms with van der Waals surface area (Å²) in [4.78, 5) is 0.335. The van der Waals surface area contributed by atoms with Crippen LogP contribution in [0.1, 0.15) is 5.56 Å². The Balaban J connectivity index is 2.50. The van der Waals surface area contributed by atoms with Gasteiger partial charge in [0.25, 0.3) is 0 Å². The Labute approximate surface area is 108 Å². The number of hydrogen-bond acceptors (Lipinski definition) is 2. The molecule has 0 N–H and O–H groups in total. The summed E-state index contributed by atoms with van der Waals surface area (Å²) in [5, 5.41) is 0. The van der Waals surface area contributed by atoms with E-state index in [1.54, 1.807) is 18.2 Å². The highest BCUT2D eigenvalue weighted by atomic mass is 32.2. The second-order valence-electron chi connectivity index (χ2n) is 4.09. The molecule has 2 rings (SSSR count). The summed E-state index contributed by atoms with van der Waals surface area (Å²) in [5.74, 6) is 0. The Kier molecular flexibility index (Phi) is 3.34. The van der Waals surface area contributed by atoms with Crippen molar-refractivity contribution in [2.24, 2.45) is 0 Å². The molecule has 0 saturated heterocycles. The molecule has 0 aliphatic heterocycles. The first kappa shape index (κ1) is 12.6. The molecule has 0 saturated carbocycles. The van der Waals surface area contributed by atoms with Gasteiger partial charge in [-0.2, -0.15) is 0 Å². The van der Waals surface area contributed by atoms with Crippen molar-refractivity contribution >= 4 is 15.9 Å². The molecule has 0 amide bonds. The van der Waals surface area contributed by atoms with Crippen LogP contribution in [0.15, 0.2) is 60.0 Å². The maximum Gasteiger partial charge on any atom is 0.175 e. The number of benzene rings is 2. The van der Waals surface area contributed by atoms with Crippen molar-refractivity contribution in [1.29, 1.82) is 0 Å². The van der Waals surface area contributed by atoms with Crippen LogP contribution in [-0.4, -0.2) is 14.7 Å². The first-order valence-electron chi connectivity index (χ1n) is 5.54. The fourth-order valence-corrected chi connectivity index (χ4v) is 2.45. The summed E-state index contributed by atoms with van der Waals surface area (Å²) in [6, 6.07) is 14.8. The molecular weight excluding hydrogens is 244 g/mol. The highest BCUT2D eigenvalue weighted by molar-refractivity contribution is 7.90. The van der Waals surface area contributed by atoms with Crippen LogP contribution in [0.25, 0.3) is 17.2 Å². The monoisotopic (exact) mass is 258 g/mol. The van der Waals surface area contributed by atoms with Crippen LogP contribution in [-0.2, 0) is 9.84 Å². The predicted molar refractivity (Wildman–Crippen MR) is 75.1 cm³/mol. The molecule has 0 fully saturated rings. The number of hydrogen-bond donors (Lipinski definition) is 0. The standard InChI is InChI=1S/C15H14O2S/c1-3-12-6-4-5-7-15(12)13-8-10-14(11-9-13)18(2,16)17/h3-11H,1H2,2H3. The minimum absolute atomic E-state index is 0.335. The average Bonchev–Trinajstić information content (AvgIpc) is 2.38. The molecule has 0 bridgehead atoms. The van der Waals surface area contributed by atoms with Crippen LogP contribution in [0, 0.1) is 0 Å². The van der Waals surface area contributed by atoms with Crippen LogP contribution < -0.4 is 0 Å². The molecule has 0 atom stereocenters. The van der Waals surface area contributed by atoms with Gasteiger partial charge in [-0.3, -0.25) is 0 Å². The topological polar surface area (TPSA) is 34.1 Å². The van der Waals surface area contributed by atoms with Gasteiger partial charge in [0.05, 0.1) is 4.90 Å². The fourth-order valence-electron chi connectivity index (χ4n) is 1.82. The molecule has 3 heteroatoms. The molecule has 92 valence electrons. The molecule has 0 radical (unpaired) electrons. The normalized spacial score (nSPS) is 11.2. The van der Waals surface area contributed by atoms with Gasteiger partial charge in [-0.1, -0.05) is 49.1 Å². The van der Waals surface area contributed by atoms with E-state index < -0.39 is 9.84 Å². The summed E-state index contributed by atoms with van der Waals surface area (Å²) in [7, 11) is -3.14. The third-order valence-electron chi connectivity index (χ3n) is 2.77. The lowest BCUT2D eigenvalue weighted by Gasteiger charge is -2.06. The lowest BCUT2D eigenvalue weighted by molar-refractivity contribution is 0.602. The summed E-state index contributed by atoms with van der Waals surface area (Å²) in [6.07, 6.45) is 3.00. The molecule has 2 aromatic carbocycles. The van der Waals surface area contributed by atoms with Crippen LogP contribution in [0.5, 0.6) is 0 Å². The van der Waals surface area contributed by atoms with Gasteiger partial charge >= 0.3 is 0 Å². The van der Waals surface area contributed by atoms with E-state index in [-0.39, 0.29) is 0 Å². The molecular formula is C15H14O2S. The lowest BCUT2D eigenvalue weighted by atomic mass is 10.00. The van der Waals surface area contributed by atoms with Gasteiger partial charge in [0.2, 0.25) is 0 Å². The first-order valence-corrected chi connectivity index (χ1v) is 7.43. The van der Waals surface area contributed by atoms with Crippen LogP contribution in [0.4, 0.5) is 0 Å². The van der Waals surface area contributed by atoms with E-state index in [2.05, 4.69) is 6.58 Å². The molecule has 0 heterocycles. The zero-order valence-electron chi connectivity index (χ0n) is 10.1. The number of rotatable bonds is 3. The predicted octanol–water partition coefficient (Wildman–Crippen LogP) is 3.40. The maximum atomic E-state index is 11.4. The second-order valence-corrected chi connectivity index (χ2v) is 6.10. The van der Waals surface area contributed by atoms with Gasteiger partial charge in [-0.05, 0) is 28.8 Å². The lowest BCUT2D eigenvalue weighted by Crippen LogP contribution is -1.96. The summed E-state index contributed by atoms with van der Waals surface area (Å²) < 4.78 is 22.8. The molecule has 2 aromatic rings. The van der Waals surface area contributed by atoms with E-state index in [4.69, 9.17) is 0 Å². The molecule has 0 aliphatic carbocycles.